The van der Waals surface area contributed by atoms with E-state index in [2.05, 4.69) is 5.32 Å². The number of ether oxygens (including phenoxy) is 1. The number of amides is 1. The fraction of sp³-hybridized carbons (Fsp3) is 0.417. The van der Waals surface area contributed by atoms with Gasteiger partial charge in [0.25, 0.3) is 0 Å². The number of carbonyl (C=O) groups excluding carboxylic acids is 1. The Balaban J connectivity index is 2.83. The third-order valence-electron chi connectivity index (χ3n) is 2.08. The summed E-state index contributed by atoms with van der Waals surface area (Å²) in [7, 11) is 0. The zero-order valence-electron chi connectivity index (χ0n) is 10.4. The van der Waals surface area contributed by atoms with Crippen LogP contribution in [0.1, 0.15) is 26.3 Å². The minimum absolute atomic E-state index is 0.448. The molecule has 0 aromatic heterocycles. The number of nitrogen functional groups attached to an aromatic ring is 1. The summed E-state index contributed by atoms with van der Waals surface area (Å²) in [5.74, 6) is 0. The molecule has 1 amide bonds. The van der Waals surface area contributed by atoms with Gasteiger partial charge < -0.3 is 10.5 Å². The van der Waals surface area contributed by atoms with E-state index in [0.717, 1.165) is 5.56 Å². The molecule has 0 radical (unpaired) electrons. The molecular weight excluding hydrogens is 240 g/mol. The van der Waals surface area contributed by atoms with E-state index >= 15 is 0 Å². The second kappa shape index (κ2) is 4.84. The Morgan fingerprint density at radius 1 is 1.41 bits per heavy atom. The molecule has 5 heteroatoms. The number of halogens is 1. The average Bonchev–Trinajstić information content (AvgIpc) is 2.16. The molecule has 0 fully saturated rings. The van der Waals surface area contributed by atoms with Gasteiger partial charge in [-0.2, -0.15) is 0 Å². The van der Waals surface area contributed by atoms with E-state index in [9.17, 15) is 4.79 Å². The summed E-state index contributed by atoms with van der Waals surface area (Å²) in [6.45, 7) is 7.17. The lowest BCUT2D eigenvalue weighted by Crippen LogP contribution is -2.27. The monoisotopic (exact) mass is 256 g/mol. The molecule has 4 nitrogen and oxygen atoms in total. The van der Waals surface area contributed by atoms with E-state index in [0.29, 0.717) is 16.4 Å². The zero-order chi connectivity index (χ0) is 13.2. The average molecular weight is 257 g/mol. The van der Waals surface area contributed by atoms with E-state index in [4.69, 9.17) is 22.1 Å². The van der Waals surface area contributed by atoms with Crippen molar-refractivity contribution in [1.82, 2.24) is 0 Å². The van der Waals surface area contributed by atoms with E-state index in [1.807, 2.05) is 0 Å². The quantitative estimate of drug-likeness (QED) is 0.755. The number of nitrogens with one attached hydrogen (secondary N) is 1. The molecule has 0 aliphatic carbocycles. The molecule has 0 unspecified atom stereocenters. The third-order valence-corrected chi connectivity index (χ3v) is 2.49. The first-order chi connectivity index (χ1) is 7.70. The predicted octanol–water partition coefficient (Wildman–Crippen LogP) is 3.58. The fourth-order valence-electron chi connectivity index (χ4n) is 1.22. The summed E-state index contributed by atoms with van der Waals surface area (Å²) >= 11 is 5.90. The Kier molecular flexibility index (Phi) is 3.88. The fourth-order valence-corrected chi connectivity index (χ4v) is 1.39. The van der Waals surface area contributed by atoms with E-state index < -0.39 is 11.7 Å². The van der Waals surface area contributed by atoms with Gasteiger partial charge in [-0.3, -0.25) is 5.32 Å². The lowest BCUT2D eigenvalue weighted by Gasteiger charge is -2.20. The molecule has 0 bridgehead atoms. The number of carbonyl (C=O) groups is 1. The Hall–Kier alpha value is -1.42. The van der Waals surface area contributed by atoms with Gasteiger partial charge in [-0.1, -0.05) is 11.6 Å². The molecule has 94 valence electrons. The van der Waals surface area contributed by atoms with E-state index in [1.54, 1.807) is 39.8 Å². The molecule has 3 N–H and O–H groups in total. The molecule has 0 aliphatic heterocycles. The minimum Gasteiger partial charge on any atom is -0.444 e. The van der Waals surface area contributed by atoms with Crippen molar-refractivity contribution in [2.24, 2.45) is 0 Å². The zero-order valence-corrected chi connectivity index (χ0v) is 11.2. The highest BCUT2D eigenvalue weighted by molar-refractivity contribution is 6.32. The summed E-state index contributed by atoms with van der Waals surface area (Å²) in [5.41, 5.74) is 6.98. The van der Waals surface area contributed by atoms with Gasteiger partial charge in [0.05, 0.1) is 11.4 Å². The SMILES string of the molecule is Cc1c(Cl)ccc(NC(=O)OC(C)(C)C)c1N. The topological polar surface area (TPSA) is 64.3 Å². The van der Waals surface area contributed by atoms with Gasteiger partial charge in [0, 0.05) is 5.02 Å². The summed E-state index contributed by atoms with van der Waals surface area (Å²) in [4.78, 5) is 11.6. The van der Waals surface area contributed by atoms with Gasteiger partial charge in [-0.25, -0.2) is 4.79 Å². The first-order valence-electron chi connectivity index (χ1n) is 5.25. The standard InChI is InChI=1S/C12H17ClN2O2/c1-7-8(13)5-6-9(10(7)14)15-11(16)17-12(2,3)4/h5-6H,14H2,1-4H3,(H,15,16). The third kappa shape index (κ3) is 3.82. The minimum atomic E-state index is -0.541. The Labute approximate surface area is 106 Å². The van der Waals surface area contributed by atoms with E-state index in [-0.39, 0.29) is 0 Å². The van der Waals surface area contributed by atoms with Gasteiger partial charge in [0.1, 0.15) is 5.60 Å². The largest absolute Gasteiger partial charge is 0.444 e. The second-order valence-electron chi connectivity index (χ2n) is 4.76. The van der Waals surface area contributed by atoms with Crippen LogP contribution in [-0.4, -0.2) is 11.7 Å². The normalized spacial score (nSPS) is 11.1. The second-order valence-corrected chi connectivity index (χ2v) is 5.17. The van der Waals surface area contributed by atoms with Crippen LogP contribution in [0.3, 0.4) is 0 Å². The lowest BCUT2D eigenvalue weighted by molar-refractivity contribution is 0.0636. The van der Waals surface area contributed by atoms with Crippen molar-refractivity contribution in [3.05, 3.63) is 22.7 Å². The highest BCUT2D eigenvalue weighted by atomic mass is 35.5. The molecule has 0 atom stereocenters. The number of hydrogen-bond donors (Lipinski definition) is 2. The number of anilines is 2. The van der Waals surface area contributed by atoms with Crippen molar-refractivity contribution in [3.63, 3.8) is 0 Å². The molecule has 0 aliphatic rings. The molecule has 0 spiro atoms. The van der Waals surface area contributed by atoms with Crippen molar-refractivity contribution >= 4 is 29.1 Å². The van der Waals surface area contributed by atoms with Crippen LogP contribution in [0, 0.1) is 6.92 Å². The van der Waals surface area contributed by atoms with Crippen LogP contribution in [0.4, 0.5) is 16.2 Å². The van der Waals surface area contributed by atoms with Crippen LogP contribution in [0.25, 0.3) is 0 Å². The van der Waals surface area contributed by atoms with Gasteiger partial charge in [0.15, 0.2) is 0 Å². The van der Waals surface area contributed by atoms with Crippen molar-refractivity contribution in [2.75, 3.05) is 11.1 Å². The molecule has 1 aromatic rings. The molecular formula is C12H17ClN2O2. The maximum atomic E-state index is 11.6. The summed E-state index contributed by atoms with van der Waals surface area (Å²) in [5, 5.41) is 3.16. The molecule has 0 heterocycles. The van der Waals surface area contributed by atoms with Crippen LogP contribution in [0.15, 0.2) is 12.1 Å². The van der Waals surface area contributed by atoms with Gasteiger partial charge in [-0.05, 0) is 45.4 Å². The van der Waals surface area contributed by atoms with Gasteiger partial charge in [0.2, 0.25) is 0 Å². The summed E-state index contributed by atoms with van der Waals surface area (Å²) in [6, 6.07) is 3.33. The lowest BCUT2D eigenvalue weighted by atomic mass is 10.1. The van der Waals surface area contributed by atoms with Crippen LogP contribution >= 0.6 is 11.6 Å². The molecule has 1 aromatic carbocycles. The number of rotatable bonds is 1. The maximum absolute atomic E-state index is 11.6. The van der Waals surface area contributed by atoms with Crippen molar-refractivity contribution < 1.29 is 9.53 Å². The molecule has 0 saturated heterocycles. The number of benzene rings is 1. The highest BCUT2D eigenvalue weighted by Crippen LogP contribution is 2.28. The summed E-state index contributed by atoms with van der Waals surface area (Å²) in [6.07, 6.45) is -0.536. The highest BCUT2D eigenvalue weighted by Gasteiger charge is 2.17. The maximum Gasteiger partial charge on any atom is 0.412 e. The van der Waals surface area contributed by atoms with Crippen LogP contribution in [0.5, 0.6) is 0 Å². The first kappa shape index (κ1) is 13.6. The Bertz CT molecular complexity index is 439. The first-order valence-corrected chi connectivity index (χ1v) is 5.63. The number of nitrogens with two attached hydrogens (primary N) is 1. The van der Waals surface area contributed by atoms with Crippen molar-refractivity contribution in [2.45, 2.75) is 33.3 Å². The van der Waals surface area contributed by atoms with Crippen molar-refractivity contribution in [3.8, 4) is 0 Å². The van der Waals surface area contributed by atoms with Crippen LogP contribution < -0.4 is 11.1 Å². The van der Waals surface area contributed by atoms with Crippen molar-refractivity contribution in [1.29, 1.82) is 0 Å². The van der Waals surface area contributed by atoms with Crippen LogP contribution in [0.2, 0.25) is 5.02 Å². The molecule has 1 rings (SSSR count). The Morgan fingerprint density at radius 3 is 2.53 bits per heavy atom. The van der Waals surface area contributed by atoms with Gasteiger partial charge in [-0.15, -0.1) is 0 Å². The smallest absolute Gasteiger partial charge is 0.412 e. The predicted molar refractivity (Wildman–Crippen MR) is 70.5 cm³/mol. The van der Waals surface area contributed by atoms with Gasteiger partial charge >= 0.3 is 6.09 Å². The number of hydrogen-bond acceptors (Lipinski definition) is 3. The van der Waals surface area contributed by atoms with E-state index in [1.165, 1.54) is 0 Å². The summed E-state index contributed by atoms with van der Waals surface area (Å²) < 4.78 is 5.13. The van der Waals surface area contributed by atoms with Crippen LogP contribution in [-0.2, 0) is 4.74 Å². The Morgan fingerprint density at radius 2 is 2.00 bits per heavy atom. The molecule has 17 heavy (non-hydrogen) atoms. The molecule has 0 saturated carbocycles.